The molecular formula is C23H24BrN3OS. The van der Waals surface area contributed by atoms with Gasteiger partial charge in [0.25, 0.3) is 5.91 Å². The van der Waals surface area contributed by atoms with E-state index in [1.165, 1.54) is 17.3 Å². The number of halogens is 1. The molecule has 0 unspecified atom stereocenters. The standard InChI is InChI=1S/C23H24BrN3OS/c1-15-10-12-19(13-11-15)27-16(2)21(22(24)17(27)3)14-25-26-23(28)18(4)29-20-8-6-5-7-9-20/h5-14,18H,1-4H3,(H,26,28)/b25-14-/t18-/m1/s1. The largest absolute Gasteiger partial charge is 0.317 e. The number of hydrazone groups is 1. The highest BCUT2D eigenvalue weighted by Gasteiger charge is 2.17. The van der Waals surface area contributed by atoms with Gasteiger partial charge in [-0.1, -0.05) is 35.9 Å². The van der Waals surface area contributed by atoms with Crippen LogP contribution >= 0.6 is 27.7 Å². The van der Waals surface area contributed by atoms with Crippen molar-refractivity contribution in [3.8, 4) is 5.69 Å². The van der Waals surface area contributed by atoms with Crippen LogP contribution in [0.5, 0.6) is 0 Å². The Morgan fingerprint density at radius 1 is 1.07 bits per heavy atom. The van der Waals surface area contributed by atoms with E-state index in [-0.39, 0.29) is 11.2 Å². The molecular weight excluding hydrogens is 446 g/mol. The van der Waals surface area contributed by atoms with Gasteiger partial charge in [0.2, 0.25) is 0 Å². The Labute approximate surface area is 184 Å². The van der Waals surface area contributed by atoms with Gasteiger partial charge in [-0.05, 0) is 67.9 Å². The highest BCUT2D eigenvalue weighted by atomic mass is 79.9. The first kappa shape index (κ1) is 21.4. The molecule has 0 fully saturated rings. The van der Waals surface area contributed by atoms with Crippen LogP contribution in [-0.2, 0) is 4.79 Å². The number of nitrogens with one attached hydrogen (secondary N) is 1. The fraction of sp³-hybridized carbons (Fsp3) is 0.217. The van der Waals surface area contributed by atoms with Gasteiger partial charge in [-0.15, -0.1) is 11.8 Å². The molecule has 2 aromatic carbocycles. The van der Waals surface area contributed by atoms with Gasteiger partial charge in [-0.2, -0.15) is 5.10 Å². The number of rotatable bonds is 6. The molecule has 1 heterocycles. The molecule has 0 saturated carbocycles. The average Bonchev–Trinajstić information content (AvgIpc) is 2.92. The molecule has 0 aliphatic heterocycles. The third-order valence-electron chi connectivity index (χ3n) is 4.70. The van der Waals surface area contributed by atoms with Crippen LogP contribution in [-0.4, -0.2) is 21.9 Å². The van der Waals surface area contributed by atoms with E-state index in [1.54, 1.807) is 6.21 Å². The summed E-state index contributed by atoms with van der Waals surface area (Å²) in [6, 6.07) is 18.3. The Hall–Kier alpha value is -2.31. The van der Waals surface area contributed by atoms with Crippen LogP contribution < -0.4 is 5.43 Å². The molecule has 0 aliphatic carbocycles. The summed E-state index contributed by atoms with van der Waals surface area (Å²) in [4.78, 5) is 13.4. The zero-order chi connectivity index (χ0) is 21.0. The third-order valence-corrected chi connectivity index (χ3v) is 6.81. The highest BCUT2D eigenvalue weighted by molar-refractivity contribution is 9.10. The lowest BCUT2D eigenvalue weighted by Gasteiger charge is -2.10. The Bertz CT molecular complexity index is 1030. The minimum atomic E-state index is -0.238. The molecule has 29 heavy (non-hydrogen) atoms. The third kappa shape index (κ3) is 5.00. The number of thioether (sulfide) groups is 1. The molecule has 4 nitrogen and oxygen atoms in total. The van der Waals surface area contributed by atoms with Crippen LogP contribution in [0, 0.1) is 20.8 Å². The van der Waals surface area contributed by atoms with Gasteiger partial charge in [-0.3, -0.25) is 4.79 Å². The number of carbonyl (C=O) groups excluding carboxylic acids is 1. The Kier molecular flexibility index (Phi) is 6.98. The van der Waals surface area contributed by atoms with Crippen molar-refractivity contribution in [3.05, 3.63) is 81.6 Å². The molecule has 150 valence electrons. The van der Waals surface area contributed by atoms with E-state index < -0.39 is 0 Å². The van der Waals surface area contributed by atoms with E-state index in [2.05, 4.69) is 76.1 Å². The molecule has 3 aromatic rings. The number of carbonyl (C=O) groups is 1. The van der Waals surface area contributed by atoms with E-state index in [0.29, 0.717) is 0 Å². The SMILES string of the molecule is Cc1ccc(-n2c(C)c(Br)c(/C=N\NC(=O)[C@@H](C)Sc3ccccc3)c2C)cc1. The minimum Gasteiger partial charge on any atom is -0.317 e. The zero-order valence-electron chi connectivity index (χ0n) is 16.9. The smallest absolute Gasteiger partial charge is 0.253 e. The quantitative estimate of drug-likeness (QED) is 0.281. The van der Waals surface area contributed by atoms with Crippen LogP contribution in [0.4, 0.5) is 0 Å². The second kappa shape index (κ2) is 9.46. The van der Waals surface area contributed by atoms with Gasteiger partial charge >= 0.3 is 0 Å². The molecule has 0 spiro atoms. The number of hydrogen-bond donors (Lipinski definition) is 1. The van der Waals surface area contributed by atoms with Gasteiger partial charge in [0, 0.05) is 32.0 Å². The Morgan fingerprint density at radius 2 is 1.72 bits per heavy atom. The maximum absolute atomic E-state index is 12.4. The normalized spacial score (nSPS) is 12.3. The Balaban J connectivity index is 1.73. The van der Waals surface area contributed by atoms with Gasteiger partial charge in [0.05, 0.1) is 11.5 Å². The molecule has 0 radical (unpaired) electrons. The van der Waals surface area contributed by atoms with Crippen LogP contribution in [0.2, 0.25) is 0 Å². The summed E-state index contributed by atoms with van der Waals surface area (Å²) < 4.78 is 3.15. The molecule has 1 atom stereocenters. The van der Waals surface area contributed by atoms with Crippen LogP contribution in [0.1, 0.15) is 29.4 Å². The van der Waals surface area contributed by atoms with E-state index in [9.17, 15) is 4.79 Å². The number of amides is 1. The predicted molar refractivity (Wildman–Crippen MR) is 125 cm³/mol. The first-order valence-corrected chi connectivity index (χ1v) is 11.0. The summed E-state index contributed by atoms with van der Waals surface area (Å²) in [5, 5.41) is 3.97. The lowest BCUT2D eigenvalue weighted by atomic mass is 10.2. The van der Waals surface area contributed by atoms with Crippen molar-refractivity contribution in [1.29, 1.82) is 0 Å². The van der Waals surface area contributed by atoms with Gasteiger partial charge in [0.15, 0.2) is 0 Å². The van der Waals surface area contributed by atoms with Gasteiger partial charge < -0.3 is 4.57 Å². The Morgan fingerprint density at radius 3 is 2.38 bits per heavy atom. The van der Waals surface area contributed by atoms with Gasteiger partial charge in [0.1, 0.15) is 0 Å². The maximum Gasteiger partial charge on any atom is 0.253 e. The molecule has 6 heteroatoms. The van der Waals surface area contributed by atoms with Crippen LogP contribution in [0.25, 0.3) is 5.69 Å². The molecule has 1 aromatic heterocycles. The zero-order valence-corrected chi connectivity index (χ0v) is 19.3. The fourth-order valence-electron chi connectivity index (χ4n) is 3.06. The predicted octanol–water partition coefficient (Wildman–Crippen LogP) is 5.80. The average molecular weight is 470 g/mol. The van der Waals surface area contributed by atoms with Crippen molar-refractivity contribution in [2.24, 2.45) is 5.10 Å². The summed E-state index contributed by atoms with van der Waals surface area (Å²) in [7, 11) is 0. The summed E-state index contributed by atoms with van der Waals surface area (Å²) in [5.74, 6) is -0.126. The summed E-state index contributed by atoms with van der Waals surface area (Å²) >= 11 is 5.19. The first-order valence-electron chi connectivity index (χ1n) is 9.37. The highest BCUT2D eigenvalue weighted by Crippen LogP contribution is 2.29. The minimum absolute atomic E-state index is 0.126. The van der Waals surface area contributed by atoms with Crippen molar-refractivity contribution in [2.45, 2.75) is 37.8 Å². The number of aromatic nitrogens is 1. The monoisotopic (exact) mass is 469 g/mol. The molecule has 3 rings (SSSR count). The second-order valence-electron chi connectivity index (χ2n) is 6.88. The first-order chi connectivity index (χ1) is 13.9. The van der Waals surface area contributed by atoms with E-state index in [1.807, 2.05) is 37.3 Å². The van der Waals surface area contributed by atoms with Crippen molar-refractivity contribution in [1.82, 2.24) is 9.99 Å². The number of nitrogens with zero attached hydrogens (tertiary/aromatic N) is 2. The van der Waals surface area contributed by atoms with Crippen LogP contribution in [0.15, 0.2) is 69.1 Å². The van der Waals surface area contributed by atoms with Crippen molar-refractivity contribution in [3.63, 3.8) is 0 Å². The van der Waals surface area contributed by atoms with Crippen molar-refractivity contribution < 1.29 is 4.79 Å². The summed E-state index contributed by atoms with van der Waals surface area (Å²) in [6.45, 7) is 8.06. The summed E-state index contributed by atoms with van der Waals surface area (Å²) in [5.41, 5.74) is 8.08. The lowest BCUT2D eigenvalue weighted by Crippen LogP contribution is -2.26. The van der Waals surface area contributed by atoms with Gasteiger partial charge in [-0.25, -0.2) is 5.43 Å². The molecule has 1 N–H and O–H groups in total. The van der Waals surface area contributed by atoms with Crippen molar-refractivity contribution >= 4 is 39.8 Å². The molecule has 0 bridgehead atoms. The number of benzene rings is 2. The van der Waals surface area contributed by atoms with Crippen molar-refractivity contribution in [2.75, 3.05) is 0 Å². The number of aryl methyl sites for hydroxylation is 1. The molecule has 1 amide bonds. The van der Waals surface area contributed by atoms with Crippen LogP contribution in [0.3, 0.4) is 0 Å². The molecule has 0 aliphatic rings. The van der Waals surface area contributed by atoms with E-state index in [4.69, 9.17) is 0 Å². The topological polar surface area (TPSA) is 46.4 Å². The van der Waals surface area contributed by atoms with E-state index >= 15 is 0 Å². The maximum atomic E-state index is 12.4. The number of hydrogen-bond acceptors (Lipinski definition) is 3. The lowest BCUT2D eigenvalue weighted by molar-refractivity contribution is -0.120. The summed E-state index contributed by atoms with van der Waals surface area (Å²) in [6.07, 6.45) is 1.70. The second-order valence-corrected chi connectivity index (χ2v) is 9.08. The molecule has 0 saturated heterocycles. The van der Waals surface area contributed by atoms with E-state index in [0.717, 1.165) is 32.0 Å². The fourth-order valence-corrected chi connectivity index (χ4v) is 4.51.